The van der Waals surface area contributed by atoms with Crippen molar-refractivity contribution in [3.63, 3.8) is 0 Å². The molecule has 0 aliphatic rings. The van der Waals surface area contributed by atoms with Gasteiger partial charge in [-0.1, -0.05) is 29.8 Å². The number of rotatable bonds is 8. The second-order valence-electron chi connectivity index (χ2n) is 7.47. The predicted octanol–water partition coefficient (Wildman–Crippen LogP) is 1.72. The number of aromatic nitrogens is 2. The molecule has 33 heavy (non-hydrogen) atoms. The van der Waals surface area contributed by atoms with Crippen molar-refractivity contribution in [3.05, 3.63) is 93.4 Å². The summed E-state index contributed by atoms with van der Waals surface area (Å²) in [5.74, 6) is -0.937. The van der Waals surface area contributed by atoms with Crippen molar-refractivity contribution in [1.82, 2.24) is 20.4 Å². The Hall–Kier alpha value is -4.27. The molecule has 0 aliphatic heterocycles. The van der Waals surface area contributed by atoms with Crippen LogP contribution in [0.15, 0.2) is 65.5 Å². The van der Waals surface area contributed by atoms with Crippen LogP contribution in [0.1, 0.15) is 38.9 Å². The first kappa shape index (κ1) is 23.4. The highest BCUT2D eigenvalue weighted by Gasteiger charge is 2.10. The van der Waals surface area contributed by atoms with Gasteiger partial charge in [0.2, 0.25) is 5.91 Å². The first-order valence-corrected chi connectivity index (χ1v) is 10.4. The Labute approximate surface area is 190 Å². The van der Waals surface area contributed by atoms with Crippen LogP contribution in [-0.2, 0) is 11.3 Å². The maximum Gasteiger partial charge on any atom is 0.271 e. The number of nitrogens with zero attached hydrogens (tertiary/aromatic N) is 2. The van der Waals surface area contributed by atoms with E-state index in [1.807, 2.05) is 31.2 Å². The first-order valence-electron chi connectivity index (χ1n) is 10.4. The minimum absolute atomic E-state index is 0.113. The van der Waals surface area contributed by atoms with Gasteiger partial charge in [0.15, 0.2) is 0 Å². The molecule has 1 heterocycles. The summed E-state index contributed by atoms with van der Waals surface area (Å²) in [6.45, 7) is 4.04. The van der Waals surface area contributed by atoms with Gasteiger partial charge in [-0.05, 0) is 42.8 Å². The molecule has 0 spiro atoms. The number of anilines is 1. The predicted molar refractivity (Wildman–Crippen MR) is 124 cm³/mol. The van der Waals surface area contributed by atoms with Crippen LogP contribution in [0.2, 0.25) is 0 Å². The van der Waals surface area contributed by atoms with E-state index in [1.165, 1.54) is 23.7 Å². The molecule has 2 aromatic carbocycles. The molecule has 3 rings (SSSR count). The molecule has 3 aromatic rings. The van der Waals surface area contributed by atoms with E-state index in [1.54, 1.807) is 24.3 Å². The van der Waals surface area contributed by atoms with E-state index >= 15 is 0 Å². The number of carbonyl (C=O) groups is 3. The van der Waals surface area contributed by atoms with Crippen molar-refractivity contribution in [1.29, 1.82) is 0 Å². The molecule has 3 amide bonds. The molecule has 0 unspecified atom stereocenters. The number of carbonyl (C=O) groups excluding carboxylic acids is 3. The Balaban J connectivity index is 1.50. The molecule has 3 N–H and O–H groups in total. The monoisotopic (exact) mass is 447 g/mol. The molecule has 0 saturated carbocycles. The van der Waals surface area contributed by atoms with Crippen molar-refractivity contribution < 1.29 is 14.4 Å². The van der Waals surface area contributed by atoms with Crippen LogP contribution >= 0.6 is 0 Å². The summed E-state index contributed by atoms with van der Waals surface area (Å²) in [5.41, 5.74) is 2.86. The SMILES string of the molecule is CC(=O)Nc1ccc(C(=O)NCCNC(=O)c2ccc(=O)n(Cc3ccc(C)cc3)n2)cc1. The second-order valence-corrected chi connectivity index (χ2v) is 7.47. The van der Waals surface area contributed by atoms with Crippen molar-refractivity contribution in [2.24, 2.45) is 0 Å². The maximum atomic E-state index is 12.4. The lowest BCUT2D eigenvalue weighted by Crippen LogP contribution is -2.36. The highest BCUT2D eigenvalue weighted by Crippen LogP contribution is 2.09. The summed E-state index contributed by atoms with van der Waals surface area (Å²) in [7, 11) is 0. The molecule has 9 nitrogen and oxygen atoms in total. The van der Waals surface area contributed by atoms with Gasteiger partial charge in [-0.2, -0.15) is 5.10 Å². The fourth-order valence-corrected chi connectivity index (χ4v) is 3.00. The van der Waals surface area contributed by atoms with E-state index < -0.39 is 5.91 Å². The minimum Gasteiger partial charge on any atom is -0.350 e. The van der Waals surface area contributed by atoms with Crippen molar-refractivity contribution in [2.75, 3.05) is 18.4 Å². The first-order chi connectivity index (χ1) is 15.8. The number of benzene rings is 2. The molecule has 0 radical (unpaired) electrons. The minimum atomic E-state index is -0.443. The van der Waals surface area contributed by atoms with Gasteiger partial charge in [-0.3, -0.25) is 19.2 Å². The highest BCUT2D eigenvalue weighted by atomic mass is 16.2. The van der Waals surface area contributed by atoms with Gasteiger partial charge in [0.05, 0.1) is 6.54 Å². The Kier molecular flexibility index (Phi) is 7.69. The molecule has 0 fully saturated rings. The third-order valence-electron chi connectivity index (χ3n) is 4.72. The molecule has 0 saturated heterocycles. The average molecular weight is 447 g/mol. The average Bonchev–Trinajstić information content (AvgIpc) is 2.79. The van der Waals surface area contributed by atoms with Gasteiger partial charge >= 0.3 is 0 Å². The molecule has 0 bridgehead atoms. The third-order valence-corrected chi connectivity index (χ3v) is 4.72. The van der Waals surface area contributed by atoms with Crippen LogP contribution < -0.4 is 21.5 Å². The van der Waals surface area contributed by atoms with Crippen LogP contribution in [0.3, 0.4) is 0 Å². The molecule has 9 heteroatoms. The molecular weight excluding hydrogens is 422 g/mol. The van der Waals surface area contributed by atoms with Crippen LogP contribution in [-0.4, -0.2) is 40.6 Å². The highest BCUT2D eigenvalue weighted by molar-refractivity contribution is 5.95. The molecular formula is C24H25N5O4. The molecule has 0 atom stereocenters. The number of nitrogens with one attached hydrogen (secondary N) is 3. The summed E-state index contributed by atoms with van der Waals surface area (Å²) in [6, 6.07) is 16.9. The van der Waals surface area contributed by atoms with Gasteiger partial charge in [0.1, 0.15) is 5.69 Å². The number of hydrogen-bond acceptors (Lipinski definition) is 5. The second kappa shape index (κ2) is 10.9. The van der Waals surface area contributed by atoms with Crippen molar-refractivity contribution in [2.45, 2.75) is 20.4 Å². The standard InChI is InChI=1S/C24H25N5O4/c1-16-3-5-18(6-4-16)15-29-22(31)12-11-21(28-29)24(33)26-14-13-25-23(32)19-7-9-20(10-8-19)27-17(2)30/h3-12H,13-15H2,1-2H3,(H,25,32)(H,26,33)(H,27,30). The van der Waals surface area contributed by atoms with Gasteiger partial charge in [0, 0.05) is 37.3 Å². The van der Waals surface area contributed by atoms with Crippen LogP contribution in [0.5, 0.6) is 0 Å². The zero-order chi connectivity index (χ0) is 23.8. The summed E-state index contributed by atoms with van der Waals surface area (Å²) in [5, 5.41) is 12.2. The third kappa shape index (κ3) is 6.86. The maximum absolute atomic E-state index is 12.4. The van der Waals surface area contributed by atoms with Crippen molar-refractivity contribution in [3.8, 4) is 0 Å². The van der Waals surface area contributed by atoms with Crippen LogP contribution in [0.25, 0.3) is 0 Å². The van der Waals surface area contributed by atoms with Crippen LogP contribution in [0, 0.1) is 6.92 Å². The molecule has 1 aromatic heterocycles. The Morgan fingerprint density at radius 2 is 1.48 bits per heavy atom. The lowest BCUT2D eigenvalue weighted by Gasteiger charge is -2.09. The van der Waals surface area contributed by atoms with Gasteiger partial charge in [-0.15, -0.1) is 0 Å². The van der Waals surface area contributed by atoms with Gasteiger partial charge < -0.3 is 16.0 Å². The number of aryl methyl sites for hydroxylation is 1. The van der Waals surface area contributed by atoms with E-state index in [0.717, 1.165) is 11.1 Å². The molecule has 0 aliphatic carbocycles. The Morgan fingerprint density at radius 1 is 0.848 bits per heavy atom. The Morgan fingerprint density at radius 3 is 2.12 bits per heavy atom. The van der Waals surface area contributed by atoms with E-state index in [4.69, 9.17) is 0 Å². The zero-order valence-electron chi connectivity index (χ0n) is 18.4. The summed E-state index contributed by atoms with van der Waals surface area (Å²) >= 11 is 0. The number of amides is 3. The number of hydrogen-bond donors (Lipinski definition) is 3. The van der Waals surface area contributed by atoms with Crippen molar-refractivity contribution >= 4 is 23.4 Å². The van der Waals surface area contributed by atoms with Crippen LogP contribution in [0.4, 0.5) is 5.69 Å². The van der Waals surface area contributed by atoms with E-state index in [9.17, 15) is 19.2 Å². The van der Waals surface area contributed by atoms with E-state index in [-0.39, 0.29) is 42.7 Å². The topological polar surface area (TPSA) is 122 Å². The summed E-state index contributed by atoms with van der Waals surface area (Å²) < 4.78 is 1.24. The lowest BCUT2D eigenvalue weighted by molar-refractivity contribution is -0.114. The smallest absolute Gasteiger partial charge is 0.271 e. The quantitative estimate of drug-likeness (QED) is 0.454. The Bertz CT molecular complexity index is 1200. The molecule has 170 valence electrons. The fraction of sp³-hybridized carbons (Fsp3) is 0.208. The van der Waals surface area contributed by atoms with E-state index in [0.29, 0.717) is 11.3 Å². The summed E-state index contributed by atoms with van der Waals surface area (Å²) in [4.78, 5) is 47.8. The fourth-order valence-electron chi connectivity index (χ4n) is 3.00. The normalized spacial score (nSPS) is 10.4. The largest absolute Gasteiger partial charge is 0.350 e. The van der Waals surface area contributed by atoms with Gasteiger partial charge in [0.25, 0.3) is 17.4 Å². The van der Waals surface area contributed by atoms with Gasteiger partial charge in [-0.25, -0.2) is 4.68 Å². The summed E-state index contributed by atoms with van der Waals surface area (Å²) in [6.07, 6.45) is 0. The lowest BCUT2D eigenvalue weighted by atomic mass is 10.1. The van der Waals surface area contributed by atoms with E-state index in [2.05, 4.69) is 21.0 Å². The zero-order valence-corrected chi connectivity index (χ0v) is 18.4.